The highest BCUT2D eigenvalue weighted by Crippen LogP contribution is 2.12. The summed E-state index contributed by atoms with van der Waals surface area (Å²) >= 11 is 3.09. The first-order valence-corrected chi connectivity index (χ1v) is 9.37. The second-order valence-electron chi connectivity index (χ2n) is 5.45. The molecule has 0 unspecified atom stereocenters. The quantitative estimate of drug-likeness (QED) is 0.897. The molecule has 0 aliphatic carbocycles. The summed E-state index contributed by atoms with van der Waals surface area (Å²) in [4.78, 5) is 28.9. The normalized spacial score (nSPS) is 15.6. The minimum absolute atomic E-state index is 0.00918. The predicted octanol–water partition coefficient (Wildman–Crippen LogP) is 1.88. The number of hydrogen-bond acceptors (Lipinski definition) is 5. The number of carbonyl (C=O) groups excluding carboxylic acids is 2. The zero-order valence-electron chi connectivity index (χ0n) is 12.7. The Kier molecular flexibility index (Phi) is 5.43. The van der Waals surface area contributed by atoms with Crippen molar-refractivity contribution in [2.45, 2.75) is 6.54 Å². The van der Waals surface area contributed by atoms with E-state index in [9.17, 15) is 9.59 Å². The number of nitrogens with one attached hydrogen (secondary N) is 1. The lowest BCUT2D eigenvalue weighted by Gasteiger charge is -2.34. The summed E-state index contributed by atoms with van der Waals surface area (Å²) in [5.41, 5.74) is 1.33. The van der Waals surface area contributed by atoms with Gasteiger partial charge < -0.3 is 10.2 Å². The Balaban J connectivity index is 1.40. The molecule has 23 heavy (non-hydrogen) atoms. The fourth-order valence-corrected chi connectivity index (χ4v) is 3.86. The molecule has 0 saturated carbocycles. The summed E-state index contributed by atoms with van der Waals surface area (Å²) in [7, 11) is 0. The van der Waals surface area contributed by atoms with Gasteiger partial charge in [-0.15, -0.1) is 11.3 Å². The molecule has 1 N–H and O–H groups in total. The van der Waals surface area contributed by atoms with E-state index in [2.05, 4.69) is 27.0 Å². The lowest BCUT2D eigenvalue weighted by Crippen LogP contribution is -2.50. The molecule has 0 aromatic carbocycles. The Labute approximate surface area is 143 Å². The number of carbonyl (C=O) groups is 2. The molecule has 2 amide bonds. The van der Waals surface area contributed by atoms with E-state index in [1.165, 1.54) is 16.9 Å². The molecular formula is C16H19N3O2S2. The molecule has 0 atom stereocenters. The molecule has 2 aromatic heterocycles. The van der Waals surface area contributed by atoms with Crippen LogP contribution in [0.5, 0.6) is 0 Å². The Bertz CT molecular complexity index is 632. The third kappa shape index (κ3) is 4.40. The molecule has 0 spiro atoms. The molecule has 0 radical (unpaired) electrons. The maximum Gasteiger partial charge on any atom is 0.261 e. The second kappa shape index (κ2) is 7.72. The lowest BCUT2D eigenvalue weighted by atomic mass is 10.2. The monoisotopic (exact) mass is 349 g/mol. The van der Waals surface area contributed by atoms with Crippen LogP contribution < -0.4 is 5.32 Å². The third-order valence-electron chi connectivity index (χ3n) is 3.86. The standard InChI is InChI=1S/C16H19N3O2S2/c20-15(10-17-16(21)14-2-1-8-23-14)19-6-4-18(5-7-19)11-13-3-9-22-12-13/h1-3,8-9,12H,4-7,10-11H2,(H,17,21). The summed E-state index contributed by atoms with van der Waals surface area (Å²) in [6.07, 6.45) is 0. The van der Waals surface area contributed by atoms with Gasteiger partial charge in [0, 0.05) is 32.7 Å². The van der Waals surface area contributed by atoms with E-state index in [0.717, 1.165) is 32.7 Å². The maximum absolute atomic E-state index is 12.2. The van der Waals surface area contributed by atoms with Gasteiger partial charge in [0.1, 0.15) is 0 Å². The van der Waals surface area contributed by atoms with Crippen LogP contribution in [0.15, 0.2) is 34.3 Å². The number of hydrogen-bond donors (Lipinski definition) is 1. The van der Waals surface area contributed by atoms with Gasteiger partial charge >= 0.3 is 0 Å². The van der Waals surface area contributed by atoms with Gasteiger partial charge in [0.25, 0.3) is 5.91 Å². The molecule has 7 heteroatoms. The smallest absolute Gasteiger partial charge is 0.261 e. The van der Waals surface area contributed by atoms with Gasteiger partial charge in [0.15, 0.2) is 0 Å². The Morgan fingerprint density at radius 3 is 2.61 bits per heavy atom. The SMILES string of the molecule is O=C(NCC(=O)N1CCN(Cc2ccsc2)CC1)c1cccs1. The first kappa shape index (κ1) is 16.2. The van der Waals surface area contributed by atoms with E-state index in [0.29, 0.717) is 4.88 Å². The van der Waals surface area contributed by atoms with Gasteiger partial charge in [-0.05, 0) is 33.8 Å². The van der Waals surface area contributed by atoms with Crippen molar-refractivity contribution < 1.29 is 9.59 Å². The van der Waals surface area contributed by atoms with Crippen molar-refractivity contribution in [2.24, 2.45) is 0 Å². The lowest BCUT2D eigenvalue weighted by molar-refractivity contribution is -0.131. The molecule has 2 aromatic rings. The number of piperazine rings is 1. The van der Waals surface area contributed by atoms with Crippen molar-refractivity contribution in [1.82, 2.24) is 15.1 Å². The Morgan fingerprint density at radius 1 is 1.13 bits per heavy atom. The van der Waals surface area contributed by atoms with Crippen LogP contribution in [-0.4, -0.2) is 54.3 Å². The van der Waals surface area contributed by atoms with Crippen LogP contribution >= 0.6 is 22.7 Å². The van der Waals surface area contributed by atoms with Crippen molar-refractivity contribution in [2.75, 3.05) is 32.7 Å². The van der Waals surface area contributed by atoms with Gasteiger partial charge in [-0.1, -0.05) is 6.07 Å². The van der Waals surface area contributed by atoms with Crippen molar-refractivity contribution >= 4 is 34.5 Å². The molecule has 5 nitrogen and oxygen atoms in total. The summed E-state index contributed by atoms with van der Waals surface area (Å²) in [5, 5.41) is 8.80. The van der Waals surface area contributed by atoms with Crippen LogP contribution in [0.1, 0.15) is 15.2 Å². The molecule has 122 valence electrons. The summed E-state index contributed by atoms with van der Waals surface area (Å²) in [6.45, 7) is 4.21. The number of rotatable bonds is 5. The van der Waals surface area contributed by atoms with Crippen LogP contribution in [0.4, 0.5) is 0 Å². The number of thiophene rings is 2. The highest BCUT2D eigenvalue weighted by Gasteiger charge is 2.21. The van der Waals surface area contributed by atoms with Gasteiger partial charge in [0.2, 0.25) is 5.91 Å². The average molecular weight is 349 g/mol. The van der Waals surface area contributed by atoms with Crippen LogP contribution in [0.2, 0.25) is 0 Å². The molecule has 0 bridgehead atoms. The molecule has 1 aliphatic heterocycles. The zero-order chi connectivity index (χ0) is 16.1. The largest absolute Gasteiger partial charge is 0.342 e. The van der Waals surface area contributed by atoms with Gasteiger partial charge in [0.05, 0.1) is 11.4 Å². The van der Waals surface area contributed by atoms with E-state index in [4.69, 9.17) is 0 Å². The minimum Gasteiger partial charge on any atom is -0.342 e. The van der Waals surface area contributed by atoms with Crippen LogP contribution in [0.25, 0.3) is 0 Å². The highest BCUT2D eigenvalue weighted by atomic mass is 32.1. The van der Waals surface area contributed by atoms with Crippen molar-refractivity contribution in [3.8, 4) is 0 Å². The van der Waals surface area contributed by atoms with Crippen LogP contribution in [0, 0.1) is 0 Å². The first-order chi connectivity index (χ1) is 11.2. The topological polar surface area (TPSA) is 52.7 Å². The second-order valence-corrected chi connectivity index (χ2v) is 7.18. The van der Waals surface area contributed by atoms with E-state index in [1.807, 2.05) is 16.3 Å². The van der Waals surface area contributed by atoms with Crippen molar-refractivity contribution in [1.29, 1.82) is 0 Å². The minimum atomic E-state index is -0.176. The summed E-state index contributed by atoms with van der Waals surface area (Å²) < 4.78 is 0. The van der Waals surface area contributed by atoms with Crippen LogP contribution in [0.3, 0.4) is 0 Å². The fraction of sp³-hybridized carbons (Fsp3) is 0.375. The molecule has 3 heterocycles. The molecule has 1 saturated heterocycles. The van der Waals surface area contributed by atoms with E-state index < -0.39 is 0 Å². The highest BCUT2D eigenvalue weighted by molar-refractivity contribution is 7.12. The zero-order valence-corrected chi connectivity index (χ0v) is 14.4. The number of nitrogens with zero attached hydrogens (tertiary/aromatic N) is 2. The van der Waals surface area contributed by atoms with E-state index in [1.54, 1.807) is 17.4 Å². The molecule has 1 fully saturated rings. The summed E-state index contributed by atoms with van der Waals surface area (Å²) in [6, 6.07) is 5.73. The van der Waals surface area contributed by atoms with Gasteiger partial charge in [-0.2, -0.15) is 11.3 Å². The van der Waals surface area contributed by atoms with Crippen molar-refractivity contribution in [3.63, 3.8) is 0 Å². The van der Waals surface area contributed by atoms with Gasteiger partial charge in [-0.3, -0.25) is 14.5 Å². The molecule has 1 aliphatic rings. The molecule has 3 rings (SSSR count). The average Bonchev–Trinajstić information content (AvgIpc) is 3.26. The van der Waals surface area contributed by atoms with Gasteiger partial charge in [-0.25, -0.2) is 0 Å². The fourth-order valence-electron chi connectivity index (χ4n) is 2.56. The predicted molar refractivity (Wildman–Crippen MR) is 92.8 cm³/mol. The first-order valence-electron chi connectivity index (χ1n) is 7.55. The van der Waals surface area contributed by atoms with Crippen LogP contribution in [-0.2, 0) is 11.3 Å². The van der Waals surface area contributed by atoms with Crippen molar-refractivity contribution in [3.05, 3.63) is 44.8 Å². The maximum atomic E-state index is 12.2. The third-order valence-corrected chi connectivity index (χ3v) is 5.46. The van der Waals surface area contributed by atoms with E-state index >= 15 is 0 Å². The summed E-state index contributed by atoms with van der Waals surface area (Å²) in [5.74, 6) is -0.186. The number of amides is 2. The van der Waals surface area contributed by atoms with E-state index in [-0.39, 0.29) is 18.4 Å². The molecular weight excluding hydrogens is 330 g/mol. The Hall–Kier alpha value is -1.70. The Morgan fingerprint density at radius 2 is 1.96 bits per heavy atom.